The van der Waals surface area contributed by atoms with E-state index >= 15 is 0 Å². The number of ether oxygens (including phenoxy) is 1. The van der Waals surface area contributed by atoms with Gasteiger partial charge in [-0.1, -0.05) is 49.7 Å². The van der Waals surface area contributed by atoms with E-state index in [4.69, 9.17) is 4.74 Å². The summed E-state index contributed by atoms with van der Waals surface area (Å²) < 4.78 is 5.47. The molecule has 2 N–H and O–H groups in total. The number of carbonyl (C=O) groups is 2. The van der Waals surface area contributed by atoms with Crippen LogP contribution < -0.4 is 15.4 Å². The van der Waals surface area contributed by atoms with Gasteiger partial charge in [-0.25, -0.2) is 0 Å². The Morgan fingerprint density at radius 2 is 1.92 bits per heavy atom. The van der Waals surface area contributed by atoms with E-state index in [2.05, 4.69) is 55.7 Å². The molecule has 5 heteroatoms. The molecule has 3 rings (SSSR count). The van der Waals surface area contributed by atoms with E-state index in [9.17, 15) is 9.59 Å². The summed E-state index contributed by atoms with van der Waals surface area (Å²) >= 11 is 0. The quantitative estimate of drug-likeness (QED) is 0.854. The number of nitrogens with one attached hydrogen (secondary N) is 2. The molecule has 0 saturated carbocycles. The Morgan fingerprint density at radius 3 is 2.65 bits per heavy atom. The first kappa shape index (κ1) is 18.0. The molecule has 136 valence electrons. The summed E-state index contributed by atoms with van der Waals surface area (Å²) in [4.78, 5) is 23.8. The van der Waals surface area contributed by atoms with Crippen molar-refractivity contribution in [2.45, 2.75) is 39.0 Å². The molecule has 0 fully saturated rings. The van der Waals surface area contributed by atoms with Crippen molar-refractivity contribution in [1.29, 1.82) is 0 Å². The molecule has 0 aliphatic carbocycles. The normalized spacial score (nSPS) is 13.4. The average Bonchev–Trinajstić information content (AvgIpc) is 2.60. The van der Waals surface area contributed by atoms with Crippen LogP contribution in [0.3, 0.4) is 0 Å². The number of para-hydroxylation sites is 1. The van der Waals surface area contributed by atoms with Crippen LogP contribution in [-0.2, 0) is 15.0 Å². The highest BCUT2D eigenvalue weighted by atomic mass is 16.5. The molecule has 0 spiro atoms. The van der Waals surface area contributed by atoms with E-state index < -0.39 is 0 Å². The summed E-state index contributed by atoms with van der Waals surface area (Å²) in [5.74, 6) is 0.248. The smallest absolute Gasteiger partial charge is 0.262 e. The zero-order chi connectivity index (χ0) is 18.7. The van der Waals surface area contributed by atoms with Crippen LogP contribution in [0, 0.1) is 6.92 Å². The molecule has 0 unspecified atom stereocenters. The largest absolute Gasteiger partial charge is 0.479 e. The molecule has 5 nitrogen and oxygen atoms in total. The van der Waals surface area contributed by atoms with Crippen molar-refractivity contribution in [2.24, 2.45) is 0 Å². The first-order valence-corrected chi connectivity index (χ1v) is 8.78. The molecule has 1 heterocycles. The molecule has 0 bridgehead atoms. The molecule has 2 amide bonds. The number of anilines is 2. The second-order valence-corrected chi connectivity index (χ2v) is 7.32. The molecule has 0 aromatic heterocycles. The zero-order valence-electron chi connectivity index (χ0n) is 15.4. The maximum absolute atomic E-state index is 12.4. The first-order valence-electron chi connectivity index (χ1n) is 8.78. The van der Waals surface area contributed by atoms with E-state index in [1.807, 2.05) is 0 Å². The number of benzene rings is 2. The fourth-order valence-electron chi connectivity index (χ4n) is 3.00. The highest BCUT2D eigenvalue weighted by molar-refractivity contribution is 5.99. The fraction of sp³-hybridized carbons (Fsp3) is 0.333. The minimum Gasteiger partial charge on any atom is -0.479 e. The summed E-state index contributed by atoms with van der Waals surface area (Å²) in [5, 5.41) is 5.64. The summed E-state index contributed by atoms with van der Waals surface area (Å²) in [6, 6.07) is 13.7. The van der Waals surface area contributed by atoms with E-state index in [-0.39, 0.29) is 23.8 Å². The van der Waals surface area contributed by atoms with Crippen LogP contribution >= 0.6 is 0 Å². The molecule has 1 aliphatic rings. The summed E-state index contributed by atoms with van der Waals surface area (Å²) in [6.45, 7) is 6.32. The van der Waals surface area contributed by atoms with Crippen LogP contribution in [-0.4, -0.2) is 18.4 Å². The lowest BCUT2D eigenvalue weighted by atomic mass is 9.80. The Kier molecular flexibility index (Phi) is 4.98. The van der Waals surface area contributed by atoms with Gasteiger partial charge in [-0.2, -0.15) is 0 Å². The third-order valence-electron chi connectivity index (χ3n) is 4.72. The lowest BCUT2D eigenvalue weighted by Gasteiger charge is -2.25. The van der Waals surface area contributed by atoms with Gasteiger partial charge in [-0.3, -0.25) is 9.59 Å². The van der Waals surface area contributed by atoms with Gasteiger partial charge in [0.1, 0.15) is 0 Å². The van der Waals surface area contributed by atoms with Gasteiger partial charge in [0.25, 0.3) is 5.91 Å². The van der Waals surface area contributed by atoms with Crippen molar-refractivity contribution in [3.05, 3.63) is 53.6 Å². The average molecular weight is 352 g/mol. The summed E-state index contributed by atoms with van der Waals surface area (Å²) in [6.07, 6.45) is 1.13. The van der Waals surface area contributed by atoms with E-state index in [0.717, 1.165) is 6.42 Å². The second-order valence-electron chi connectivity index (χ2n) is 7.32. The second kappa shape index (κ2) is 7.20. The zero-order valence-corrected chi connectivity index (χ0v) is 15.4. The van der Waals surface area contributed by atoms with Crippen LogP contribution in [0.25, 0.3) is 0 Å². The molecule has 2 aromatic carbocycles. The minimum absolute atomic E-state index is 0.0413. The molecule has 0 radical (unpaired) electrons. The predicted molar refractivity (Wildman–Crippen MR) is 103 cm³/mol. The van der Waals surface area contributed by atoms with Crippen LogP contribution in [0.15, 0.2) is 42.5 Å². The van der Waals surface area contributed by atoms with Crippen molar-refractivity contribution < 1.29 is 14.3 Å². The van der Waals surface area contributed by atoms with Crippen molar-refractivity contribution in [3.63, 3.8) is 0 Å². The maximum Gasteiger partial charge on any atom is 0.262 e. The number of hydrogen-bond donors (Lipinski definition) is 2. The van der Waals surface area contributed by atoms with Crippen molar-refractivity contribution >= 4 is 23.2 Å². The van der Waals surface area contributed by atoms with Gasteiger partial charge in [-0.05, 0) is 36.5 Å². The standard InChI is InChI=1S/C21H24N2O3/c1-14-7-9-15(10-8-14)21(2,3)12-11-18(24)22-16-5-4-6-17-20(16)26-13-19(25)23-17/h4-10H,11-13H2,1-3H3,(H,22,24)(H,23,25). The number of fused-ring (bicyclic) bond motifs is 1. The monoisotopic (exact) mass is 352 g/mol. The fourth-order valence-corrected chi connectivity index (χ4v) is 3.00. The number of aryl methyl sites for hydroxylation is 1. The third kappa shape index (κ3) is 4.04. The topological polar surface area (TPSA) is 67.4 Å². The van der Waals surface area contributed by atoms with Crippen molar-refractivity contribution in [1.82, 2.24) is 0 Å². The van der Waals surface area contributed by atoms with Gasteiger partial charge in [0.05, 0.1) is 11.4 Å². The molecule has 0 atom stereocenters. The lowest BCUT2D eigenvalue weighted by molar-refractivity contribution is -0.118. The van der Waals surface area contributed by atoms with E-state index in [1.54, 1.807) is 18.2 Å². The molecule has 2 aromatic rings. The van der Waals surface area contributed by atoms with Crippen LogP contribution in [0.2, 0.25) is 0 Å². The molecule has 26 heavy (non-hydrogen) atoms. The van der Waals surface area contributed by atoms with Gasteiger partial charge in [0, 0.05) is 6.42 Å². The maximum atomic E-state index is 12.4. The van der Waals surface area contributed by atoms with Crippen LogP contribution in [0.1, 0.15) is 37.8 Å². The van der Waals surface area contributed by atoms with Crippen molar-refractivity contribution in [3.8, 4) is 5.75 Å². The van der Waals surface area contributed by atoms with Gasteiger partial charge in [0.2, 0.25) is 5.91 Å². The van der Waals surface area contributed by atoms with Gasteiger partial charge < -0.3 is 15.4 Å². The number of amides is 2. The number of hydrogen-bond acceptors (Lipinski definition) is 3. The van der Waals surface area contributed by atoms with Crippen LogP contribution in [0.4, 0.5) is 11.4 Å². The lowest BCUT2D eigenvalue weighted by Crippen LogP contribution is -2.26. The Bertz CT molecular complexity index is 826. The minimum atomic E-state index is -0.194. The van der Waals surface area contributed by atoms with Gasteiger partial charge >= 0.3 is 0 Å². The molecule has 1 aliphatic heterocycles. The van der Waals surface area contributed by atoms with Crippen LogP contribution in [0.5, 0.6) is 5.75 Å². The molecular formula is C21H24N2O3. The Balaban J connectivity index is 1.64. The van der Waals surface area contributed by atoms with Crippen molar-refractivity contribution in [2.75, 3.05) is 17.2 Å². The highest BCUT2D eigenvalue weighted by Gasteiger charge is 2.23. The van der Waals surface area contributed by atoms with E-state index in [1.165, 1.54) is 11.1 Å². The van der Waals surface area contributed by atoms with E-state index in [0.29, 0.717) is 23.5 Å². The number of rotatable bonds is 5. The first-order chi connectivity index (χ1) is 12.3. The summed E-state index contributed by atoms with van der Waals surface area (Å²) in [7, 11) is 0. The Morgan fingerprint density at radius 1 is 1.19 bits per heavy atom. The molecule has 0 saturated heterocycles. The van der Waals surface area contributed by atoms with Gasteiger partial charge in [-0.15, -0.1) is 0 Å². The SMILES string of the molecule is Cc1ccc(C(C)(C)CCC(=O)Nc2cccc3c2OCC(=O)N3)cc1. The van der Waals surface area contributed by atoms with Gasteiger partial charge in [0.15, 0.2) is 12.4 Å². The summed E-state index contributed by atoms with van der Waals surface area (Å²) in [5.41, 5.74) is 3.52. The molecular weight excluding hydrogens is 328 g/mol. The Hall–Kier alpha value is -2.82. The Labute approximate surface area is 153 Å². The highest BCUT2D eigenvalue weighted by Crippen LogP contribution is 2.36. The predicted octanol–water partition coefficient (Wildman–Crippen LogP) is 4.02. The third-order valence-corrected chi connectivity index (χ3v) is 4.72. The number of carbonyl (C=O) groups excluding carboxylic acids is 2.